The predicted molar refractivity (Wildman–Crippen MR) is 101 cm³/mol. The Morgan fingerprint density at radius 2 is 1.72 bits per heavy atom. The van der Waals surface area contributed by atoms with E-state index in [-0.39, 0.29) is 0 Å². The third kappa shape index (κ3) is 2.93. The second kappa shape index (κ2) is 6.42. The lowest BCUT2D eigenvalue weighted by Gasteiger charge is -2.33. The summed E-state index contributed by atoms with van der Waals surface area (Å²) < 4.78 is 0. The van der Waals surface area contributed by atoms with Crippen LogP contribution in [0.5, 0.6) is 0 Å². The van der Waals surface area contributed by atoms with Gasteiger partial charge < -0.3 is 4.79 Å². The number of rotatable bonds is 3. The molecule has 0 radical (unpaired) electrons. The van der Waals surface area contributed by atoms with E-state index in [2.05, 4.69) is 30.3 Å². The van der Waals surface area contributed by atoms with Crippen LogP contribution in [0.2, 0.25) is 5.02 Å². The smallest absolute Gasteiger partial charge is 0.151 e. The van der Waals surface area contributed by atoms with Crippen LogP contribution < -0.4 is 10.6 Å². The highest BCUT2D eigenvalue weighted by Gasteiger charge is 2.38. The van der Waals surface area contributed by atoms with Crippen LogP contribution in [0.15, 0.2) is 53.5 Å². The number of halogens is 1. The second-order valence-corrected chi connectivity index (χ2v) is 7.85. The van der Waals surface area contributed by atoms with Crippen molar-refractivity contribution in [3.63, 3.8) is 0 Å². The maximum absolute atomic E-state index is 11.9. The van der Waals surface area contributed by atoms with Gasteiger partial charge in [-0.05, 0) is 73.8 Å². The van der Waals surface area contributed by atoms with Gasteiger partial charge in [0, 0.05) is 10.2 Å². The van der Waals surface area contributed by atoms with Gasteiger partial charge in [0.2, 0.25) is 0 Å². The van der Waals surface area contributed by atoms with Gasteiger partial charge >= 0.3 is 0 Å². The third-order valence-electron chi connectivity index (χ3n) is 5.78. The van der Waals surface area contributed by atoms with Crippen LogP contribution in [-0.4, -0.2) is 11.8 Å². The summed E-state index contributed by atoms with van der Waals surface area (Å²) in [7, 11) is 0. The van der Waals surface area contributed by atoms with E-state index in [0.29, 0.717) is 16.9 Å². The van der Waals surface area contributed by atoms with Gasteiger partial charge in [-0.1, -0.05) is 41.9 Å². The van der Waals surface area contributed by atoms with Gasteiger partial charge in [0.1, 0.15) is 5.54 Å². The molecule has 0 saturated heterocycles. The van der Waals surface area contributed by atoms with Crippen molar-refractivity contribution in [3.8, 4) is 0 Å². The minimum atomic E-state index is -0.739. The number of hydrogen-bond donors (Lipinski definition) is 0. The van der Waals surface area contributed by atoms with Gasteiger partial charge in [0.05, 0.1) is 5.36 Å². The number of hydrogen-bond acceptors (Lipinski definition) is 2. The fourth-order valence-corrected chi connectivity index (χ4v) is 4.74. The first-order valence-electron chi connectivity index (χ1n) is 9.02. The number of aldehydes is 1. The van der Waals surface area contributed by atoms with Gasteiger partial charge in [0.15, 0.2) is 6.29 Å². The van der Waals surface area contributed by atoms with E-state index in [1.54, 1.807) is 0 Å². The maximum Gasteiger partial charge on any atom is 0.151 e. The maximum atomic E-state index is 11.9. The van der Waals surface area contributed by atoms with E-state index >= 15 is 0 Å². The molecule has 1 aliphatic heterocycles. The van der Waals surface area contributed by atoms with Crippen LogP contribution in [0.3, 0.4) is 0 Å². The zero-order valence-electron chi connectivity index (χ0n) is 14.4. The molecule has 3 heteroatoms. The minimum Gasteiger partial charge on any atom is -0.300 e. The molecule has 128 valence electrons. The van der Waals surface area contributed by atoms with Crippen molar-refractivity contribution >= 4 is 23.5 Å². The number of carbonyl (C=O) groups excluding carboxylic acids is 1. The average molecular weight is 352 g/mol. The normalized spacial score (nSPS) is 28.3. The minimum absolute atomic E-state index is 0.402. The highest BCUT2D eigenvalue weighted by Crippen LogP contribution is 2.42. The summed E-state index contributed by atoms with van der Waals surface area (Å²) in [6, 6.07) is 16.5. The average Bonchev–Trinajstić information content (AvgIpc) is 2.94. The number of carbonyl (C=O) groups is 1. The fourth-order valence-electron chi connectivity index (χ4n) is 4.57. The van der Waals surface area contributed by atoms with Crippen LogP contribution in [0, 0.1) is 5.92 Å². The first kappa shape index (κ1) is 16.5. The molecule has 0 spiro atoms. The molecule has 1 heterocycles. The largest absolute Gasteiger partial charge is 0.300 e. The Hall–Kier alpha value is -1.93. The summed E-state index contributed by atoms with van der Waals surface area (Å²) in [5.74, 6) is 1.02. The summed E-state index contributed by atoms with van der Waals surface area (Å²) in [5, 5.41) is 2.68. The Labute approximate surface area is 153 Å². The molecular formula is C22H22ClNO. The van der Waals surface area contributed by atoms with Gasteiger partial charge in [-0.3, -0.25) is 4.99 Å². The van der Waals surface area contributed by atoms with Gasteiger partial charge in [-0.2, -0.15) is 0 Å². The van der Waals surface area contributed by atoms with E-state index in [1.165, 1.54) is 11.1 Å². The van der Waals surface area contributed by atoms with Crippen LogP contribution in [0.25, 0.3) is 5.57 Å². The van der Waals surface area contributed by atoms with Crippen molar-refractivity contribution in [3.05, 3.63) is 69.7 Å². The number of fused-ring (bicyclic) bond motifs is 1. The first-order valence-corrected chi connectivity index (χ1v) is 9.40. The molecule has 2 aromatic carbocycles. The Bertz CT molecular complexity index is 913. The van der Waals surface area contributed by atoms with E-state index in [0.717, 1.165) is 42.5 Å². The summed E-state index contributed by atoms with van der Waals surface area (Å²) in [6.45, 7) is 1.94. The molecule has 1 fully saturated rings. The van der Waals surface area contributed by atoms with Crippen LogP contribution in [-0.2, 0) is 4.79 Å². The molecule has 25 heavy (non-hydrogen) atoms. The third-order valence-corrected chi connectivity index (χ3v) is 6.02. The second-order valence-electron chi connectivity index (χ2n) is 7.41. The molecule has 0 amide bonds. The van der Waals surface area contributed by atoms with Crippen molar-refractivity contribution in [2.75, 3.05) is 0 Å². The molecule has 0 bridgehead atoms. The standard InChI is InChI=1S/C22H22ClNO/c1-22(14-25)21(19-13-18(23)11-12-20(19)24-22)17-9-7-16(8-10-17)15-5-3-2-4-6-15/h2-6,11-14,16-17H,7-10H2,1H3. The summed E-state index contributed by atoms with van der Waals surface area (Å²) >= 11 is 6.22. The molecule has 2 aliphatic rings. The topological polar surface area (TPSA) is 29.4 Å². The van der Waals surface area contributed by atoms with Crippen molar-refractivity contribution in [1.82, 2.24) is 0 Å². The summed E-state index contributed by atoms with van der Waals surface area (Å²) in [6.07, 6.45) is 5.51. The lowest BCUT2D eigenvalue weighted by atomic mass is 9.72. The van der Waals surface area contributed by atoms with E-state index in [4.69, 9.17) is 16.6 Å². The molecule has 0 aromatic heterocycles. The van der Waals surface area contributed by atoms with Crippen molar-refractivity contribution in [2.45, 2.75) is 44.1 Å². The molecule has 2 nitrogen and oxygen atoms in total. The molecule has 0 N–H and O–H groups in total. The summed E-state index contributed by atoms with van der Waals surface area (Å²) in [4.78, 5) is 16.6. The fraction of sp³-hybridized carbons (Fsp3) is 0.364. The monoisotopic (exact) mass is 351 g/mol. The molecule has 1 saturated carbocycles. The molecule has 1 unspecified atom stereocenters. The Balaban J connectivity index is 1.67. The van der Waals surface area contributed by atoms with Gasteiger partial charge in [0.25, 0.3) is 0 Å². The van der Waals surface area contributed by atoms with Crippen LogP contribution >= 0.6 is 11.6 Å². The molecule has 4 rings (SSSR count). The quantitative estimate of drug-likeness (QED) is 0.767. The zero-order valence-corrected chi connectivity index (χ0v) is 15.2. The SMILES string of the molecule is CC1(C=O)N=c2ccc(Cl)cc2=C1C1CCC(c2ccccc2)CC1. The Morgan fingerprint density at radius 3 is 2.40 bits per heavy atom. The van der Waals surface area contributed by atoms with Crippen molar-refractivity contribution in [2.24, 2.45) is 10.9 Å². The van der Waals surface area contributed by atoms with E-state index < -0.39 is 5.54 Å². The Kier molecular flexibility index (Phi) is 4.24. The highest BCUT2D eigenvalue weighted by molar-refractivity contribution is 6.30. The van der Waals surface area contributed by atoms with Gasteiger partial charge in [-0.25, -0.2) is 0 Å². The lowest BCUT2D eigenvalue weighted by Crippen LogP contribution is -2.33. The van der Waals surface area contributed by atoms with Crippen LogP contribution in [0.4, 0.5) is 0 Å². The number of benzene rings is 2. The van der Waals surface area contributed by atoms with Crippen molar-refractivity contribution in [1.29, 1.82) is 0 Å². The van der Waals surface area contributed by atoms with E-state index in [9.17, 15) is 4.79 Å². The molecule has 1 aliphatic carbocycles. The Morgan fingerprint density at radius 1 is 1.04 bits per heavy atom. The zero-order chi connectivity index (χ0) is 17.4. The molecule has 2 aromatic rings. The molecule has 1 atom stereocenters. The number of nitrogens with zero attached hydrogens (tertiary/aromatic N) is 1. The highest BCUT2D eigenvalue weighted by atomic mass is 35.5. The van der Waals surface area contributed by atoms with Crippen molar-refractivity contribution < 1.29 is 4.79 Å². The van der Waals surface area contributed by atoms with Crippen LogP contribution in [0.1, 0.15) is 44.1 Å². The predicted octanol–water partition coefficient (Wildman–Crippen LogP) is 4.06. The lowest BCUT2D eigenvalue weighted by molar-refractivity contribution is -0.110. The van der Waals surface area contributed by atoms with E-state index in [1.807, 2.05) is 25.1 Å². The first-order chi connectivity index (χ1) is 12.1. The summed E-state index contributed by atoms with van der Waals surface area (Å²) in [5.41, 5.74) is 1.87. The molecular weight excluding hydrogens is 330 g/mol. The van der Waals surface area contributed by atoms with Gasteiger partial charge in [-0.15, -0.1) is 0 Å².